The van der Waals surface area contributed by atoms with Crippen LogP contribution in [-0.4, -0.2) is 28.8 Å². The van der Waals surface area contributed by atoms with Crippen LogP contribution in [0.3, 0.4) is 0 Å². The lowest BCUT2D eigenvalue weighted by molar-refractivity contribution is -0.0537. The van der Waals surface area contributed by atoms with Crippen LogP contribution in [-0.2, 0) is 10.3 Å². The molecule has 0 aliphatic heterocycles. The third-order valence-corrected chi connectivity index (χ3v) is 2.68. The fourth-order valence-corrected chi connectivity index (χ4v) is 1.74. The van der Waals surface area contributed by atoms with Gasteiger partial charge in [0.15, 0.2) is 0 Å². The molecule has 1 aromatic rings. The van der Waals surface area contributed by atoms with Gasteiger partial charge < -0.3 is 9.84 Å². The number of nitrogens with zero attached hydrogens (tertiary/aromatic N) is 2. The molecule has 0 saturated heterocycles. The summed E-state index contributed by atoms with van der Waals surface area (Å²) in [5.41, 5.74) is -0.139. The van der Waals surface area contributed by atoms with Crippen molar-refractivity contribution in [1.29, 1.82) is 0 Å². The average molecular weight is 194 g/mol. The standard InChI is InChI=1S/C10H14N2O2/c1-14-6-10(13,8-2-3-8)9-4-11-7-12-5-9/h4-5,7-8,13H,2-3,6H2,1H3. The molecule has 1 aromatic heterocycles. The average Bonchev–Trinajstić information content (AvgIpc) is 3.03. The second-order valence-corrected chi connectivity index (χ2v) is 3.76. The Morgan fingerprint density at radius 3 is 2.64 bits per heavy atom. The zero-order valence-corrected chi connectivity index (χ0v) is 8.18. The Hall–Kier alpha value is -1.00. The summed E-state index contributed by atoms with van der Waals surface area (Å²) in [6.45, 7) is 0.311. The molecule has 76 valence electrons. The summed E-state index contributed by atoms with van der Waals surface area (Å²) in [7, 11) is 1.59. The number of aromatic nitrogens is 2. The topological polar surface area (TPSA) is 55.2 Å². The van der Waals surface area contributed by atoms with Crippen LogP contribution in [0.2, 0.25) is 0 Å². The highest BCUT2D eigenvalue weighted by atomic mass is 16.5. The highest BCUT2D eigenvalue weighted by Crippen LogP contribution is 2.45. The Labute approximate surface area is 83.0 Å². The van der Waals surface area contributed by atoms with Crippen molar-refractivity contribution in [3.63, 3.8) is 0 Å². The maximum Gasteiger partial charge on any atom is 0.119 e. The zero-order valence-electron chi connectivity index (χ0n) is 8.18. The molecule has 1 aliphatic carbocycles. The Morgan fingerprint density at radius 1 is 1.50 bits per heavy atom. The summed E-state index contributed by atoms with van der Waals surface area (Å²) in [5, 5.41) is 10.4. The van der Waals surface area contributed by atoms with Crippen LogP contribution in [0.15, 0.2) is 18.7 Å². The van der Waals surface area contributed by atoms with E-state index in [2.05, 4.69) is 9.97 Å². The number of methoxy groups -OCH3 is 1. The summed E-state index contributed by atoms with van der Waals surface area (Å²) in [6, 6.07) is 0. The van der Waals surface area contributed by atoms with Crippen molar-refractivity contribution in [2.45, 2.75) is 18.4 Å². The molecule has 1 unspecified atom stereocenters. The predicted octanol–water partition coefficient (Wildman–Crippen LogP) is 0.721. The summed E-state index contributed by atoms with van der Waals surface area (Å²) in [6.07, 6.45) is 6.88. The van der Waals surface area contributed by atoms with Gasteiger partial charge in [-0.15, -0.1) is 0 Å². The van der Waals surface area contributed by atoms with Crippen LogP contribution in [0.25, 0.3) is 0 Å². The van der Waals surface area contributed by atoms with Gasteiger partial charge in [-0.2, -0.15) is 0 Å². The van der Waals surface area contributed by atoms with Gasteiger partial charge in [0.05, 0.1) is 6.61 Å². The molecule has 14 heavy (non-hydrogen) atoms. The fraction of sp³-hybridized carbons (Fsp3) is 0.600. The van der Waals surface area contributed by atoms with Gasteiger partial charge in [0.1, 0.15) is 11.9 Å². The molecule has 0 spiro atoms. The van der Waals surface area contributed by atoms with E-state index < -0.39 is 5.60 Å². The van der Waals surface area contributed by atoms with Crippen molar-refractivity contribution in [2.75, 3.05) is 13.7 Å². The first-order valence-corrected chi connectivity index (χ1v) is 4.74. The lowest BCUT2D eigenvalue weighted by Crippen LogP contribution is -2.34. The summed E-state index contributed by atoms with van der Waals surface area (Å²) < 4.78 is 5.06. The van der Waals surface area contributed by atoms with E-state index in [1.54, 1.807) is 19.5 Å². The molecular formula is C10H14N2O2. The first-order valence-electron chi connectivity index (χ1n) is 4.74. The SMILES string of the molecule is COCC(O)(c1cncnc1)C1CC1. The van der Waals surface area contributed by atoms with Crippen LogP contribution in [0.4, 0.5) is 0 Å². The van der Waals surface area contributed by atoms with E-state index in [9.17, 15) is 5.11 Å². The maximum absolute atomic E-state index is 10.4. The fourth-order valence-electron chi connectivity index (χ4n) is 1.74. The van der Waals surface area contributed by atoms with E-state index in [1.807, 2.05) is 0 Å². The third-order valence-electron chi connectivity index (χ3n) is 2.68. The van der Waals surface area contributed by atoms with Gasteiger partial charge in [0.2, 0.25) is 0 Å². The molecule has 1 N–H and O–H groups in total. The first-order chi connectivity index (χ1) is 6.77. The van der Waals surface area contributed by atoms with Gasteiger partial charge in [0.25, 0.3) is 0 Å². The molecule has 1 fully saturated rings. The minimum absolute atomic E-state index is 0.299. The van der Waals surface area contributed by atoms with Gasteiger partial charge in [-0.05, 0) is 18.8 Å². The number of rotatable bonds is 4. The van der Waals surface area contributed by atoms with Crippen molar-refractivity contribution >= 4 is 0 Å². The Bertz CT molecular complexity index is 300. The normalized spacial score (nSPS) is 20.4. The van der Waals surface area contributed by atoms with Gasteiger partial charge in [-0.1, -0.05) is 0 Å². The van der Waals surface area contributed by atoms with E-state index in [-0.39, 0.29) is 0 Å². The molecule has 1 aliphatic rings. The molecule has 0 bridgehead atoms. The number of hydrogen-bond acceptors (Lipinski definition) is 4. The van der Waals surface area contributed by atoms with Gasteiger partial charge >= 0.3 is 0 Å². The molecule has 1 saturated carbocycles. The van der Waals surface area contributed by atoms with Crippen LogP contribution in [0, 0.1) is 5.92 Å². The highest BCUT2D eigenvalue weighted by Gasteiger charge is 2.45. The van der Waals surface area contributed by atoms with Crippen molar-refractivity contribution < 1.29 is 9.84 Å². The van der Waals surface area contributed by atoms with E-state index in [0.717, 1.165) is 18.4 Å². The van der Waals surface area contributed by atoms with Crippen LogP contribution in [0.1, 0.15) is 18.4 Å². The Balaban J connectivity index is 2.26. The second kappa shape index (κ2) is 3.63. The minimum Gasteiger partial charge on any atom is -0.382 e. The largest absolute Gasteiger partial charge is 0.382 e. The number of ether oxygens (including phenoxy) is 1. The summed E-state index contributed by atoms with van der Waals surface area (Å²) >= 11 is 0. The van der Waals surface area contributed by atoms with E-state index in [1.165, 1.54) is 6.33 Å². The lowest BCUT2D eigenvalue weighted by atomic mass is 9.92. The molecule has 4 heteroatoms. The van der Waals surface area contributed by atoms with Crippen molar-refractivity contribution in [3.8, 4) is 0 Å². The third kappa shape index (κ3) is 1.63. The highest BCUT2D eigenvalue weighted by molar-refractivity contribution is 5.18. The van der Waals surface area contributed by atoms with Crippen LogP contribution >= 0.6 is 0 Å². The maximum atomic E-state index is 10.4. The van der Waals surface area contributed by atoms with Crippen LogP contribution in [0.5, 0.6) is 0 Å². The van der Waals surface area contributed by atoms with Crippen molar-refractivity contribution in [1.82, 2.24) is 9.97 Å². The Morgan fingerprint density at radius 2 is 2.14 bits per heavy atom. The van der Waals surface area contributed by atoms with Crippen LogP contribution < -0.4 is 0 Å². The molecule has 2 rings (SSSR count). The van der Waals surface area contributed by atoms with Gasteiger partial charge in [-0.3, -0.25) is 0 Å². The quantitative estimate of drug-likeness (QED) is 0.767. The van der Waals surface area contributed by atoms with E-state index >= 15 is 0 Å². The molecular weight excluding hydrogens is 180 g/mol. The zero-order chi connectivity index (χ0) is 10.0. The van der Waals surface area contributed by atoms with Crippen molar-refractivity contribution in [2.24, 2.45) is 5.92 Å². The molecule has 1 heterocycles. The smallest absolute Gasteiger partial charge is 0.119 e. The monoisotopic (exact) mass is 194 g/mol. The van der Waals surface area contributed by atoms with E-state index in [0.29, 0.717) is 12.5 Å². The summed E-state index contributed by atoms with van der Waals surface area (Å²) in [5.74, 6) is 0.299. The van der Waals surface area contributed by atoms with Gasteiger partial charge in [0, 0.05) is 25.1 Å². The Kier molecular flexibility index (Phi) is 2.48. The first kappa shape index (κ1) is 9.55. The van der Waals surface area contributed by atoms with Crippen molar-refractivity contribution in [3.05, 3.63) is 24.3 Å². The van der Waals surface area contributed by atoms with Gasteiger partial charge in [-0.25, -0.2) is 9.97 Å². The van der Waals surface area contributed by atoms with E-state index in [4.69, 9.17) is 4.74 Å². The molecule has 0 aromatic carbocycles. The second-order valence-electron chi connectivity index (χ2n) is 3.76. The minimum atomic E-state index is -0.893. The molecule has 4 nitrogen and oxygen atoms in total. The molecule has 1 atom stereocenters. The number of aliphatic hydroxyl groups is 1. The lowest BCUT2D eigenvalue weighted by Gasteiger charge is -2.26. The predicted molar refractivity (Wildman–Crippen MR) is 50.5 cm³/mol. The molecule has 0 radical (unpaired) electrons. The molecule has 0 amide bonds. The summed E-state index contributed by atoms with van der Waals surface area (Å²) in [4.78, 5) is 7.83. The number of hydrogen-bond donors (Lipinski definition) is 1.